The van der Waals surface area contributed by atoms with Gasteiger partial charge < -0.3 is 5.11 Å². The molecular weight excluding hydrogens is 250 g/mol. The molecule has 0 aliphatic heterocycles. The van der Waals surface area contributed by atoms with Crippen LogP contribution in [0.2, 0.25) is 0 Å². The molecule has 0 saturated heterocycles. The lowest BCUT2D eigenvalue weighted by atomic mass is 10.2. The van der Waals surface area contributed by atoms with Crippen molar-refractivity contribution in [2.45, 2.75) is 19.9 Å². The van der Waals surface area contributed by atoms with Gasteiger partial charge in [-0.15, -0.1) is 5.10 Å². The molecule has 0 aliphatic rings. The molecule has 8 heteroatoms. The number of hydrogen-bond donors (Lipinski definition) is 1. The number of carboxylic acids is 1. The number of hydrogen-bond acceptors (Lipinski definition) is 5. The Morgan fingerprint density at radius 3 is 2.89 bits per heavy atom. The van der Waals surface area contributed by atoms with Crippen LogP contribution in [0.1, 0.15) is 13.3 Å². The van der Waals surface area contributed by atoms with Crippen molar-refractivity contribution in [1.29, 1.82) is 0 Å². The van der Waals surface area contributed by atoms with Crippen LogP contribution < -0.4 is 5.56 Å². The highest BCUT2D eigenvalue weighted by Gasteiger charge is 2.09. The van der Waals surface area contributed by atoms with Crippen LogP contribution in [0.5, 0.6) is 0 Å². The minimum absolute atomic E-state index is 0.0755. The molecule has 19 heavy (non-hydrogen) atoms. The van der Waals surface area contributed by atoms with E-state index in [9.17, 15) is 9.59 Å². The maximum atomic E-state index is 12.0. The first-order valence-corrected chi connectivity index (χ1v) is 5.72. The molecule has 0 spiro atoms. The third kappa shape index (κ3) is 2.37. The lowest BCUT2D eigenvalue weighted by Gasteiger charge is -2.01. The lowest BCUT2D eigenvalue weighted by molar-refractivity contribution is -0.132. The molecule has 8 nitrogen and oxygen atoms in total. The number of carbonyl (C=O) groups is 1. The molecule has 0 atom stereocenters. The molecule has 0 bridgehead atoms. The molecular formula is C11H13N5O3. The molecule has 0 saturated carbocycles. The van der Waals surface area contributed by atoms with Gasteiger partial charge in [-0.1, -0.05) is 18.2 Å². The van der Waals surface area contributed by atoms with Crippen molar-refractivity contribution >= 4 is 17.0 Å². The van der Waals surface area contributed by atoms with Gasteiger partial charge in [-0.05, 0) is 6.42 Å². The fourth-order valence-corrected chi connectivity index (χ4v) is 1.68. The summed E-state index contributed by atoms with van der Waals surface area (Å²) < 4.78 is 2.57. The van der Waals surface area contributed by atoms with Crippen molar-refractivity contribution in [2.24, 2.45) is 7.05 Å². The Morgan fingerprint density at radius 2 is 2.26 bits per heavy atom. The number of aliphatic carboxylic acids is 1. The third-order valence-electron chi connectivity index (χ3n) is 2.79. The van der Waals surface area contributed by atoms with Gasteiger partial charge in [-0.3, -0.25) is 4.79 Å². The van der Waals surface area contributed by atoms with E-state index in [4.69, 9.17) is 5.11 Å². The first-order valence-electron chi connectivity index (χ1n) is 5.72. The maximum Gasteiger partial charge on any atom is 0.331 e. The first kappa shape index (κ1) is 12.9. The third-order valence-corrected chi connectivity index (χ3v) is 2.79. The van der Waals surface area contributed by atoms with Gasteiger partial charge in [-0.2, -0.15) is 5.10 Å². The Bertz CT molecular complexity index is 713. The minimum Gasteiger partial charge on any atom is -0.478 e. The van der Waals surface area contributed by atoms with Gasteiger partial charge in [0, 0.05) is 12.6 Å². The van der Waals surface area contributed by atoms with Crippen LogP contribution in [-0.2, 0) is 18.4 Å². The number of carboxylic acid groups (broad SMARTS) is 1. The molecule has 0 aliphatic carbocycles. The first-order chi connectivity index (χ1) is 9.04. The minimum atomic E-state index is -0.994. The summed E-state index contributed by atoms with van der Waals surface area (Å²) in [6.45, 7) is 1.81. The molecule has 100 valence electrons. The summed E-state index contributed by atoms with van der Waals surface area (Å²) in [5, 5.41) is 20.8. The molecule has 2 heterocycles. The summed E-state index contributed by atoms with van der Waals surface area (Å²) >= 11 is 0. The highest BCUT2D eigenvalue weighted by Crippen LogP contribution is 2.03. The Balaban J connectivity index is 2.39. The van der Waals surface area contributed by atoms with Crippen molar-refractivity contribution in [1.82, 2.24) is 24.8 Å². The maximum absolute atomic E-state index is 12.0. The monoisotopic (exact) mass is 263 g/mol. The Kier molecular flexibility index (Phi) is 3.41. The van der Waals surface area contributed by atoms with Crippen molar-refractivity contribution in [3.05, 3.63) is 28.2 Å². The molecule has 0 radical (unpaired) electrons. The zero-order valence-corrected chi connectivity index (χ0v) is 10.6. The zero-order chi connectivity index (χ0) is 14.0. The largest absolute Gasteiger partial charge is 0.478 e. The van der Waals surface area contributed by atoms with Crippen LogP contribution in [0.15, 0.2) is 22.6 Å². The molecule has 0 amide bonds. The highest BCUT2D eigenvalue weighted by atomic mass is 16.4. The van der Waals surface area contributed by atoms with Gasteiger partial charge in [0.1, 0.15) is 5.39 Å². The molecule has 2 rings (SSSR count). The number of aryl methyl sites for hydroxylation is 1. The van der Waals surface area contributed by atoms with E-state index in [1.807, 2.05) is 0 Å². The zero-order valence-electron chi connectivity index (χ0n) is 10.6. The normalized spacial score (nSPS) is 12.0. The standard InChI is InChI=1S/C11H13N5O3/c1-3-7(11(18)19)4-5-16-10(17)8-6-12-15(2)9(8)13-14-16/h4,6H,3,5H2,1-2H3,(H,18,19). The van der Waals surface area contributed by atoms with Crippen molar-refractivity contribution in [3.8, 4) is 0 Å². The smallest absolute Gasteiger partial charge is 0.331 e. The van der Waals surface area contributed by atoms with E-state index < -0.39 is 5.97 Å². The van der Waals surface area contributed by atoms with Gasteiger partial charge in [-0.25, -0.2) is 14.2 Å². The van der Waals surface area contributed by atoms with E-state index in [0.29, 0.717) is 17.5 Å². The van der Waals surface area contributed by atoms with Crippen LogP contribution in [0.4, 0.5) is 0 Å². The number of nitrogens with zero attached hydrogens (tertiary/aromatic N) is 5. The molecule has 0 aromatic carbocycles. The van der Waals surface area contributed by atoms with Crippen LogP contribution in [0.3, 0.4) is 0 Å². The fourth-order valence-electron chi connectivity index (χ4n) is 1.68. The second-order valence-electron chi connectivity index (χ2n) is 3.97. The van der Waals surface area contributed by atoms with Crippen LogP contribution in [-0.4, -0.2) is 35.9 Å². The van der Waals surface area contributed by atoms with E-state index >= 15 is 0 Å². The predicted molar refractivity (Wildman–Crippen MR) is 66.6 cm³/mol. The van der Waals surface area contributed by atoms with E-state index in [0.717, 1.165) is 4.68 Å². The van der Waals surface area contributed by atoms with E-state index in [2.05, 4.69) is 15.4 Å². The van der Waals surface area contributed by atoms with E-state index in [-0.39, 0.29) is 17.7 Å². The van der Waals surface area contributed by atoms with Crippen LogP contribution >= 0.6 is 0 Å². The number of rotatable bonds is 4. The summed E-state index contributed by atoms with van der Waals surface area (Å²) in [4.78, 5) is 22.9. The summed E-state index contributed by atoms with van der Waals surface area (Å²) in [7, 11) is 1.67. The van der Waals surface area contributed by atoms with Crippen molar-refractivity contribution in [2.75, 3.05) is 0 Å². The molecule has 2 aromatic rings. The molecule has 0 fully saturated rings. The Labute approximate surface area is 108 Å². The van der Waals surface area contributed by atoms with E-state index in [1.165, 1.54) is 17.0 Å². The number of allylic oxidation sites excluding steroid dienone is 1. The van der Waals surface area contributed by atoms with Crippen molar-refractivity contribution in [3.63, 3.8) is 0 Å². The number of fused-ring (bicyclic) bond motifs is 1. The number of aromatic nitrogens is 5. The quantitative estimate of drug-likeness (QED) is 0.775. The topological polar surface area (TPSA) is 103 Å². The Morgan fingerprint density at radius 1 is 1.53 bits per heavy atom. The fraction of sp³-hybridized carbons (Fsp3) is 0.364. The second-order valence-corrected chi connectivity index (χ2v) is 3.97. The van der Waals surface area contributed by atoms with Gasteiger partial charge in [0.05, 0.1) is 12.7 Å². The summed E-state index contributed by atoms with van der Waals surface area (Å²) in [5.74, 6) is -0.994. The van der Waals surface area contributed by atoms with E-state index in [1.54, 1.807) is 14.0 Å². The summed E-state index contributed by atoms with van der Waals surface area (Å²) in [6.07, 6.45) is 3.26. The summed E-state index contributed by atoms with van der Waals surface area (Å²) in [6, 6.07) is 0. The molecule has 0 unspecified atom stereocenters. The average Bonchev–Trinajstić information content (AvgIpc) is 2.75. The lowest BCUT2D eigenvalue weighted by Crippen LogP contribution is -2.24. The van der Waals surface area contributed by atoms with Gasteiger partial charge >= 0.3 is 5.97 Å². The SMILES string of the molecule is CCC(=CCn1nnc2c(cnn2C)c1=O)C(=O)O. The second kappa shape index (κ2) is 5.01. The average molecular weight is 263 g/mol. The van der Waals surface area contributed by atoms with Gasteiger partial charge in [0.2, 0.25) is 0 Å². The predicted octanol–water partition coefficient (Wildman–Crippen LogP) is -0.0540. The summed E-state index contributed by atoms with van der Waals surface area (Å²) in [5.41, 5.74) is 0.300. The van der Waals surface area contributed by atoms with Crippen LogP contribution in [0.25, 0.3) is 11.0 Å². The molecule has 2 aromatic heterocycles. The van der Waals surface area contributed by atoms with Gasteiger partial charge in [0.25, 0.3) is 5.56 Å². The van der Waals surface area contributed by atoms with Crippen LogP contribution in [0, 0.1) is 0 Å². The van der Waals surface area contributed by atoms with Crippen molar-refractivity contribution < 1.29 is 9.90 Å². The Hall–Kier alpha value is -2.51. The van der Waals surface area contributed by atoms with Gasteiger partial charge in [0.15, 0.2) is 5.65 Å². The highest BCUT2D eigenvalue weighted by molar-refractivity contribution is 5.86. The molecule has 1 N–H and O–H groups in total.